The van der Waals surface area contributed by atoms with Gasteiger partial charge in [0.05, 0.1) is 5.75 Å². The van der Waals surface area contributed by atoms with Crippen molar-refractivity contribution in [1.82, 2.24) is 14.8 Å². The molecule has 0 aliphatic heterocycles. The van der Waals surface area contributed by atoms with Crippen molar-refractivity contribution in [2.45, 2.75) is 44.2 Å². The fourth-order valence-corrected chi connectivity index (χ4v) is 3.11. The molecule has 1 aromatic carbocycles. The topological polar surface area (TPSA) is 103 Å². The van der Waals surface area contributed by atoms with Gasteiger partial charge in [-0.3, -0.25) is 9.59 Å². The highest BCUT2D eigenvalue weighted by Gasteiger charge is 2.12. The molecule has 0 bridgehead atoms. The van der Waals surface area contributed by atoms with Gasteiger partial charge >= 0.3 is 0 Å². The summed E-state index contributed by atoms with van der Waals surface area (Å²) >= 11 is 1.30. The number of nitrogens with two attached hydrogens (primary N) is 1. The highest BCUT2D eigenvalue weighted by Crippen LogP contribution is 2.21. The van der Waals surface area contributed by atoms with Crippen LogP contribution in [0.5, 0.6) is 0 Å². The molecule has 2 amide bonds. The predicted octanol–water partition coefficient (Wildman–Crippen LogP) is 2.48. The van der Waals surface area contributed by atoms with Crippen LogP contribution in [0.1, 0.15) is 44.0 Å². The first-order chi connectivity index (χ1) is 12.4. The van der Waals surface area contributed by atoms with Gasteiger partial charge in [-0.15, -0.1) is 10.2 Å². The van der Waals surface area contributed by atoms with E-state index in [1.165, 1.54) is 17.3 Å². The maximum absolute atomic E-state index is 12.1. The Balaban J connectivity index is 1.86. The van der Waals surface area contributed by atoms with E-state index >= 15 is 0 Å². The molecule has 0 saturated heterocycles. The lowest BCUT2D eigenvalue weighted by Crippen LogP contribution is -2.15. The van der Waals surface area contributed by atoms with Gasteiger partial charge in [0.15, 0.2) is 5.16 Å². The van der Waals surface area contributed by atoms with Gasteiger partial charge in [0.1, 0.15) is 5.82 Å². The van der Waals surface area contributed by atoms with E-state index < -0.39 is 0 Å². The van der Waals surface area contributed by atoms with Crippen LogP contribution >= 0.6 is 11.8 Å². The molecule has 26 heavy (non-hydrogen) atoms. The first kappa shape index (κ1) is 20.0. The van der Waals surface area contributed by atoms with E-state index in [0.29, 0.717) is 23.3 Å². The zero-order valence-corrected chi connectivity index (χ0v) is 16.2. The fraction of sp³-hybridized carbons (Fsp3) is 0.444. The van der Waals surface area contributed by atoms with Gasteiger partial charge in [-0.05, 0) is 30.0 Å². The second-order valence-corrected chi connectivity index (χ2v) is 7.13. The van der Waals surface area contributed by atoms with Crippen LogP contribution in [0.2, 0.25) is 0 Å². The van der Waals surface area contributed by atoms with Crippen LogP contribution in [-0.4, -0.2) is 32.3 Å². The lowest BCUT2D eigenvalue weighted by Gasteiger charge is -2.10. The average molecular weight is 375 g/mol. The second-order valence-electron chi connectivity index (χ2n) is 6.19. The van der Waals surface area contributed by atoms with Gasteiger partial charge in [-0.25, -0.2) is 0 Å². The van der Waals surface area contributed by atoms with Crippen molar-refractivity contribution in [2.24, 2.45) is 12.8 Å². The quantitative estimate of drug-likeness (QED) is 0.656. The van der Waals surface area contributed by atoms with Crippen LogP contribution in [0.4, 0.5) is 5.69 Å². The Kier molecular flexibility index (Phi) is 7.20. The number of nitrogens with one attached hydrogen (secondary N) is 1. The Bertz CT molecular complexity index is 757. The number of aryl methyl sites for hydroxylation is 1. The number of primary amides is 1. The largest absolute Gasteiger partial charge is 0.370 e. The predicted molar refractivity (Wildman–Crippen MR) is 103 cm³/mol. The zero-order valence-electron chi connectivity index (χ0n) is 15.4. The van der Waals surface area contributed by atoms with Gasteiger partial charge in [0, 0.05) is 25.6 Å². The summed E-state index contributed by atoms with van der Waals surface area (Å²) in [6.45, 7) is 4.34. The first-order valence-corrected chi connectivity index (χ1v) is 9.58. The molecular weight excluding hydrogens is 350 g/mol. The van der Waals surface area contributed by atoms with Gasteiger partial charge in [0.25, 0.3) is 0 Å². The summed E-state index contributed by atoms with van der Waals surface area (Å²) in [6, 6.07) is 7.94. The number of carbonyl (C=O) groups excluding carboxylic acids is 2. The number of aromatic nitrogens is 3. The first-order valence-electron chi connectivity index (χ1n) is 8.59. The number of thioether (sulfide) groups is 1. The summed E-state index contributed by atoms with van der Waals surface area (Å²) in [5.41, 5.74) is 7.19. The van der Waals surface area contributed by atoms with Crippen LogP contribution in [0.25, 0.3) is 0 Å². The molecule has 1 atom stereocenters. The lowest BCUT2D eigenvalue weighted by atomic mass is 9.99. The normalized spacial score (nSPS) is 12.0. The number of rotatable bonds is 9. The summed E-state index contributed by atoms with van der Waals surface area (Å²) in [7, 11) is 1.81. The van der Waals surface area contributed by atoms with Crippen molar-refractivity contribution in [3.05, 3.63) is 35.7 Å². The van der Waals surface area contributed by atoms with Crippen LogP contribution in [-0.2, 0) is 23.1 Å². The lowest BCUT2D eigenvalue weighted by molar-refractivity contribution is -0.118. The molecule has 8 heteroatoms. The second kappa shape index (κ2) is 9.38. The number of benzene rings is 1. The highest BCUT2D eigenvalue weighted by atomic mass is 32.2. The highest BCUT2D eigenvalue weighted by molar-refractivity contribution is 7.99. The fourth-order valence-electron chi connectivity index (χ4n) is 2.38. The number of amides is 2. The molecule has 140 valence electrons. The number of hydrogen-bond donors (Lipinski definition) is 2. The molecule has 0 fully saturated rings. The van der Waals surface area contributed by atoms with Crippen LogP contribution in [0.3, 0.4) is 0 Å². The molecular formula is C18H25N5O2S. The molecule has 1 aromatic heterocycles. The molecule has 3 N–H and O–H groups in total. The Morgan fingerprint density at radius 2 is 1.96 bits per heavy atom. The summed E-state index contributed by atoms with van der Waals surface area (Å²) in [6.07, 6.45) is 1.75. The molecule has 1 heterocycles. The van der Waals surface area contributed by atoms with E-state index in [9.17, 15) is 9.59 Å². The average Bonchev–Trinajstić information content (AvgIpc) is 2.98. The van der Waals surface area contributed by atoms with Crippen molar-refractivity contribution >= 4 is 29.3 Å². The minimum Gasteiger partial charge on any atom is -0.370 e. The van der Waals surface area contributed by atoms with Crippen molar-refractivity contribution in [3.8, 4) is 0 Å². The van der Waals surface area contributed by atoms with Crippen LogP contribution < -0.4 is 11.1 Å². The minimum absolute atomic E-state index is 0.104. The third-order valence-electron chi connectivity index (χ3n) is 4.23. The van der Waals surface area contributed by atoms with Crippen molar-refractivity contribution in [1.29, 1.82) is 0 Å². The molecule has 7 nitrogen and oxygen atoms in total. The van der Waals surface area contributed by atoms with Gasteiger partial charge in [-0.2, -0.15) is 0 Å². The monoisotopic (exact) mass is 375 g/mol. The van der Waals surface area contributed by atoms with Crippen LogP contribution in [0, 0.1) is 0 Å². The Hall–Kier alpha value is -2.35. The molecule has 0 aliphatic carbocycles. The van der Waals surface area contributed by atoms with E-state index in [2.05, 4.69) is 29.4 Å². The van der Waals surface area contributed by atoms with E-state index in [-0.39, 0.29) is 24.0 Å². The molecule has 0 unspecified atom stereocenters. The summed E-state index contributed by atoms with van der Waals surface area (Å²) in [5, 5.41) is 11.6. The SMILES string of the molecule is CC[C@H](C)c1ccc(NC(=O)CSc2nnc(CCC(N)=O)n2C)cc1. The molecule has 0 aliphatic rings. The third kappa shape index (κ3) is 5.59. The summed E-state index contributed by atoms with van der Waals surface area (Å²) in [4.78, 5) is 23.0. The Morgan fingerprint density at radius 1 is 1.27 bits per heavy atom. The molecule has 0 spiro atoms. The standard InChI is InChI=1S/C18H25N5O2S/c1-4-12(2)13-5-7-14(8-6-13)20-17(25)11-26-18-22-21-16(23(18)3)10-9-15(19)24/h5-8,12H,4,9-11H2,1-3H3,(H2,19,24)(H,20,25)/t12-/m0/s1. The number of nitrogens with zero attached hydrogens (tertiary/aromatic N) is 3. The van der Waals surface area contributed by atoms with E-state index in [4.69, 9.17) is 5.73 Å². The Morgan fingerprint density at radius 3 is 2.58 bits per heavy atom. The van der Waals surface area contributed by atoms with Gasteiger partial charge < -0.3 is 15.6 Å². The number of hydrogen-bond acceptors (Lipinski definition) is 5. The Labute approximate surface area is 157 Å². The van der Waals surface area contributed by atoms with E-state index in [1.54, 1.807) is 4.57 Å². The molecule has 2 rings (SSSR count). The molecule has 0 saturated carbocycles. The van der Waals surface area contributed by atoms with Crippen molar-refractivity contribution in [3.63, 3.8) is 0 Å². The van der Waals surface area contributed by atoms with E-state index in [1.807, 2.05) is 31.3 Å². The molecule has 0 radical (unpaired) electrons. The maximum atomic E-state index is 12.1. The maximum Gasteiger partial charge on any atom is 0.234 e. The zero-order chi connectivity index (χ0) is 19.1. The van der Waals surface area contributed by atoms with Gasteiger partial charge in [0.2, 0.25) is 11.8 Å². The van der Waals surface area contributed by atoms with Crippen molar-refractivity contribution < 1.29 is 9.59 Å². The van der Waals surface area contributed by atoms with Gasteiger partial charge in [-0.1, -0.05) is 37.7 Å². The number of anilines is 1. The summed E-state index contributed by atoms with van der Waals surface area (Å²) in [5.74, 6) is 0.936. The smallest absolute Gasteiger partial charge is 0.234 e. The summed E-state index contributed by atoms with van der Waals surface area (Å²) < 4.78 is 1.78. The van der Waals surface area contributed by atoms with E-state index in [0.717, 1.165) is 12.1 Å². The minimum atomic E-state index is -0.374. The number of carbonyl (C=O) groups is 2. The van der Waals surface area contributed by atoms with Crippen LogP contribution in [0.15, 0.2) is 29.4 Å². The van der Waals surface area contributed by atoms with Crippen molar-refractivity contribution in [2.75, 3.05) is 11.1 Å². The molecule has 2 aromatic rings. The third-order valence-corrected chi connectivity index (χ3v) is 5.25.